The second-order valence-corrected chi connectivity index (χ2v) is 9.21. The van der Waals surface area contributed by atoms with Gasteiger partial charge in [0.15, 0.2) is 0 Å². The normalized spacial score (nSPS) is 37.8. The van der Waals surface area contributed by atoms with Gasteiger partial charge in [-0.2, -0.15) is 10.1 Å². The van der Waals surface area contributed by atoms with Crippen LogP contribution in [0.3, 0.4) is 0 Å². The highest BCUT2D eigenvalue weighted by molar-refractivity contribution is 9.11. The molecule has 1 heterocycles. The van der Waals surface area contributed by atoms with Gasteiger partial charge in [-0.15, -0.1) is 0 Å². The van der Waals surface area contributed by atoms with Gasteiger partial charge in [-0.05, 0) is 60.3 Å². The molecule has 1 aromatic rings. The fraction of sp³-hybridized carbons (Fsp3) is 0.421. The van der Waals surface area contributed by atoms with E-state index in [1.165, 1.54) is 6.42 Å². The molecule has 128 valence electrons. The van der Waals surface area contributed by atoms with Crippen LogP contribution in [0.15, 0.2) is 38.3 Å². The number of hydrazone groups is 1. The summed E-state index contributed by atoms with van der Waals surface area (Å²) >= 11 is 7.02. The van der Waals surface area contributed by atoms with Gasteiger partial charge >= 0.3 is 0 Å². The van der Waals surface area contributed by atoms with Crippen LogP contribution < -0.4 is 0 Å². The number of allylic oxidation sites excluding steroid dienone is 2. The van der Waals surface area contributed by atoms with Gasteiger partial charge in [0, 0.05) is 8.95 Å². The maximum atomic E-state index is 12.9. The molecule has 4 aliphatic carbocycles. The zero-order valence-corrected chi connectivity index (χ0v) is 16.7. The van der Waals surface area contributed by atoms with Crippen molar-refractivity contribution < 1.29 is 9.59 Å². The first kappa shape index (κ1) is 15.9. The van der Waals surface area contributed by atoms with Gasteiger partial charge in [-0.25, -0.2) is 0 Å². The van der Waals surface area contributed by atoms with Crippen molar-refractivity contribution in [3.63, 3.8) is 0 Å². The molecule has 1 aromatic carbocycles. The van der Waals surface area contributed by atoms with E-state index >= 15 is 0 Å². The van der Waals surface area contributed by atoms with Crippen LogP contribution in [-0.4, -0.2) is 23.0 Å². The van der Waals surface area contributed by atoms with E-state index in [4.69, 9.17) is 0 Å². The topological polar surface area (TPSA) is 49.7 Å². The van der Waals surface area contributed by atoms with Gasteiger partial charge in [-0.3, -0.25) is 9.59 Å². The van der Waals surface area contributed by atoms with Gasteiger partial charge in [-0.1, -0.05) is 44.0 Å². The summed E-state index contributed by atoms with van der Waals surface area (Å²) in [6, 6.07) is 3.87. The summed E-state index contributed by atoms with van der Waals surface area (Å²) in [4.78, 5) is 25.7. The van der Waals surface area contributed by atoms with Gasteiger partial charge in [0.2, 0.25) is 0 Å². The Hall–Kier alpha value is -1.27. The fourth-order valence-corrected chi connectivity index (χ4v) is 6.14. The highest BCUT2D eigenvalue weighted by Crippen LogP contribution is 2.65. The zero-order valence-electron chi connectivity index (χ0n) is 13.5. The summed E-state index contributed by atoms with van der Waals surface area (Å²) in [5.41, 5.74) is 1.93. The second kappa shape index (κ2) is 5.36. The quantitative estimate of drug-likeness (QED) is 0.379. The Morgan fingerprint density at radius 2 is 1.56 bits per heavy atom. The van der Waals surface area contributed by atoms with Gasteiger partial charge in [0.05, 0.1) is 18.1 Å². The summed E-state index contributed by atoms with van der Waals surface area (Å²) in [5, 5.41) is 5.39. The van der Waals surface area contributed by atoms with Crippen molar-refractivity contribution in [2.24, 2.45) is 40.6 Å². The van der Waals surface area contributed by atoms with Crippen molar-refractivity contribution in [2.75, 3.05) is 0 Å². The molecule has 2 saturated carbocycles. The van der Waals surface area contributed by atoms with Crippen molar-refractivity contribution in [3.8, 4) is 0 Å². The number of hydrogen-bond acceptors (Lipinski definition) is 3. The SMILES string of the molecule is Cc1c(Br)cc(C=NN2C(=O)[C@@H]3[C@H]4C=C[C@@H]([C@@H]5C[C@@H]45)[C@@H]3C2=O)cc1Br. The minimum absolute atomic E-state index is 0.124. The van der Waals surface area contributed by atoms with Crippen molar-refractivity contribution in [1.82, 2.24) is 5.01 Å². The van der Waals surface area contributed by atoms with Crippen LogP contribution >= 0.6 is 31.9 Å². The van der Waals surface area contributed by atoms with E-state index in [1.54, 1.807) is 6.21 Å². The first-order valence-corrected chi connectivity index (χ1v) is 10.1. The molecule has 3 fully saturated rings. The van der Waals surface area contributed by atoms with Crippen molar-refractivity contribution in [2.45, 2.75) is 13.3 Å². The first-order chi connectivity index (χ1) is 12.0. The predicted molar refractivity (Wildman–Crippen MR) is 101 cm³/mol. The number of rotatable bonds is 2. The minimum Gasteiger partial charge on any atom is -0.272 e. The molecule has 0 N–H and O–H groups in total. The molecule has 0 unspecified atom stereocenters. The van der Waals surface area contributed by atoms with Crippen LogP contribution in [0, 0.1) is 42.4 Å². The van der Waals surface area contributed by atoms with E-state index in [-0.39, 0.29) is 35.5 Å². The van der Waals surface area contributed by atoms with Crippen LogP contribution in [0.25, 0.3) is 0 Å². The maximum Gasteiger partial charge on any atom is 0.254 e. The fourth-order valence-electron chi connectivity index (χ4n) is 4.92. The number of benzene rings is 1. The Morgan fingerprint density at radius 1 is 1.04 bits per heavy atom. The Balaban J connectivity index is 1.45. The lowest BCUT2D eigenvalue weighted by Crippen LogP contribution is -2.40. The van der Waals surface area contributed by atoms with Crippen LogP contribution in [0.5, 0.6) is 0 Å². The maximum absolute atomic E-state index is 12.9. The van der Waals surface area contributed by atoms with Crippen LogP contribution in [0.1, 0.15) is 17.5 Å². The smallest absolute Gasteiger partial charge is 0.254 e. The molecular formula is C19H16Br2N2O2. The Bertz CT molecular complexity index is 819. The monoisotopic (exact) mass is 462 g/mol. The minimum atomic E-state index is -0.195. The molecule has 6 atom stereocenters. The molecule has 6 heteroatoms. The van der Waals surface area contributed by atoms with Gasteiger partial charge in [0.25, 0.3) is 11.8 Å². The van der Waals surface area contributed by atoms with Crippen LogP contribution in [0.2, 0.25) is 0 Å². The highest BCUT2D eigenvalue weighted by atomic mass is 79.9. The average Bonchev–Trinajstić information content (AvgIpc) is 3.37. The van der Waals surface area contributed by atoms with Crippen LogP contribution in [-0.2, 0) is 9.59 Å². The number of halogens is 2. The molecule has 0 aromatic heterocycles. The molecule has 5 aliphatic rings. The van der Waals surface area contributed by atoms with Gasteiger partial charge < -0.3 is 0 Å². The zero-order chi connectivity index (χ0) is 17.5. The van der Waals surface area contributed by atoms with E-state index in [1.807, 2.05) is 19.1 Å². The number of carbonyl (C=O) groups excluding carboxylic acids is 2. The summed E-state index contributed by atoms with van der Waals surface area (Å²) in [7, 11) is 0. The Kier molecular flexibility index (Phi) is 3.42. The third kappa shape index (κ3) is 2.19. The molecule has 25 heavy (non-hydrogen) atoms. The molecule has 2 amide bonds. The number of carbonyl (C=O) groups is 2. The summed E-state index contributed by atoms with van der Waals surface area (Å²) in [6.07, 6.45) is 7.11. The van der Waals surface area contributed by atoms with Crippen molar-refractivity contribution >= 4 is 49.9 Å². The molecule has 4 nitrogen and oxygen atoms in total. The average molecular weight is 464 g/mol. The third-order valence-electron chi connectivity index (χ3n) is 6.27. The Morgan fingerprint density at radius 3 is 2.08 bits per heavy atom. The van der Waals surface area contributed by atoms with E-state index in [0.717, 1.165) is 25.1 Å². The van der Waals surface area contributed by atoms with Crippen LogP contribution in [0.4, 0.5) is 0 Å². The number of imide groups is 1. The predicted octanol–water partition coefficient (Wildman–Crippen LogP) is 3.91. The first-order valence-electron chi connectivity index (χ1n) is 8.53. The van der Waals surface area contributed by atoms with E-state index in [2.05, 4.69) is 49.1 Å². The largest absolute Gasteiger partial charge is 0.272 e. The van der Waals surface area contributed by atoms with Gasteiger partial charge in [0.1, 0.15) is 0 Å². The molecular weight excluding hydrogens is 448 g/mol. The lowest BCUT2D eigenvalue weighted by Gasteiger charge is -2.37. The van der Waals surface area contributed by atoms with E-state index in [0.29, 0.717) is 11.8 Å². The van der Waals surface area contributed by atoms with Crippen molar-refractivity contribution in [1.29, 1.82) is 0 Å². The molecule has 2 bridgehead atoms. The number of hydrogen-bond donors (Lipinski definition) is 0. The lowest BCUT2D eigenvalue weighted by atomic mass is 9.63. The summed E-state index contributed by atoms with van der Waals surface area (Å²) in [6.45, 7) is 2.00. The third-order valence-corrected chi connectivity index (χ3v) is 7.91. The molecule has 0 spiro atoms. The molecule has 0 radical (unpaired) electrons. The second-order valence-electron chi connectivity index (χ2n) is 7.50. The van der Waals surface area contributed by atoms with Crippen molar-refractivity contribution in [3.05, 3.63) is 44.4 Å². The molecule has 1 aliphatic heterocycles. The number of amides is 2. The molecule has 6 rings (SSSR count). The standard InChI is InChI=1S/C19H16Br2N2O2/c1-8-14(20)4-9(5-15(8)21)7-22-23-18(24)16-10-2-3-11(13-6-12(10)13)17(16)19(23)25/h2-5,7,10-13,16-17H,6H2,1H3/t10-,11-,12-,13-,16-,17+/m0/s1. The Labute approximate surface area is 162 Å². The van der Waals surface area contributed by atoms with E-state index < -0.39 is 0 Å². The molecule has 1 saturated heterocycles. The summed E-state index contributed by atoms with van der Waals surface area (Å²) in [5.74, 6) is 1.06. The highest BCUT2D eigenvalue weighted by Gasteiger charge is 2.67. The number of nitrogens with zero attached hydrogens (tertiary/aromatic N) is 2. The summed E-state index contributed by atoms with van der Waals surface area (Å²) < 4.78 is 1.91. The lowest BCUT2D eigenvalue weighted by molar-refractivity contribution is -0.140. The van der Waals surface area contributed by atoms with E-state index in [9.17, 15) is 9.59 Å².